The van der Waals surface area contributed by atoms with Gasteiger partial charge in [0.25, 0.3) is 0 Å². The molecule has 0 bridgehead atoms. The van der Waals surface area contributed by atoms with Gasteiger partial charge in [-0.1, -0.05) is 50.3 Å². The first kappa shape index (κ1) is 21.4. The number of benzene rings is 1. The third-order valence-corrected chi connectivity index (χ3v) is 1.43. The second-order valence-corrected chi connectivity index (χ2v) is 2.68. The molecule has 0 saturated carbocycles. The zero-order valence-electron chi connectivity index (χ0n) is 12.0. The van der Waals surface area contributed by atoms with E-state index >= 15 is 0 Å². The highest BCUT2D eigenvalue weighted by atomic mass is 16.1. The van der Waals surface area contributed by atoms with Crippen molar-refractivity contribution in [2.24, 2.45) is 4.99 Å². The van der Waals surface area contributed by atoms with Crippen molar-refractivity contribution in [2.75, 3.05) is 7.05 Å². The molecule has 0 atom stereocenters. The number of allylic oxidation sites excluding steroid dienone is 1. The molecule has 1 aromatic carbocycles. The summed E-state index contributed by atoms with van der Waals surface area (Å²) in [6.07, 6.45) is 3.94. The zero-order valence-corrected chi connectivity index (χ0v) is 12.0. The fourth-order valence-corrected chi connectivity index (χ4v) is 0.890. The van der Waals surface area contributed by atoms with Crippen LogP contribution in [0.5, 0.6) is 0 Å². The summed E-state index contributed by atoms with van der Waals surface area (Å²) in [7, 11) is 1.64. The number of nitrogens with zero attached hydrogens (tertiary/aromatic N) is 1. The number of hydrogen-bond donors (Lipinski definition) is 1. The first-order valence-corrected chi connectivity index (χ1v) is 5.87. The standard InChI is InChI=1S/C10H13N.C2H5N.C2H6.CH2O/c1-2-8-11-9-10-6-4-3-5-7-10;1-3-2;2*1-2/h2-8,11H,9H2,1H3;1H2,2H3;1-2H3;1H2/b8-2-;;;. The molecule has 0 spiro atoms. The highest BCUT2D eigenvalue weighted by Gasteiger charge is 1.84. The van der Waals surface area contributed by atoms with Gasteiger partial charge in [0.15, 0.2) is 0 Å². The molecule has 18 heavy (non-hydrogen) atoms. The van der Waals surface area contributed by atoms with Crippen molar-refractivity contribution in [1.82, 2.24) is 5.32 Å². The van der Waals surface area contributed by atoms with Crippen molar-refractivity contribution < 1.29 is 4.79 Å². The summed E-state index contributed by atoms with van der Waals surface area (Å²) in [6, 6.07) is 10.3. The van der Waals surface area contributed by atoms with E-state index in [1.807, 2.05) is 58.0 Å². The van der Waals surface area contributed by atoms with Gasteiger partial charge in [0.1, 0.15) is 6.79 Å². The molecule has 0 aromatic heterocycles. The zero-order chi connectivity index (χ0) is 14.6. The van der Waals surface area contributed by atoms with E-state index < -0.39 is 0 Å². The molecule has 0 aliphatic carbocycles. The van der Waals surface area contributed by atoms with E-state index in [-0.39, 0.29) is 0 Å². The van der Waals surface area contributed by atoms with E-state index in [9.17, 15) is 0 Å². The summed E-state index contributed by atoms with van der Waals surface area (Å²) < 4.78 is 0. The van der Waals surface area contributed by atoms with E-state index in [4.69, 9.17) is 4.79 Å². The molecule has 102 valence electrons. The van der Waals surface area contributed by atoms with Crippen molar-refractivity contribution in [1.29, 1.82) is 0 Å². The van der Waals surface area contributed by atoms with Gasteiger partial charge in [-0.05, 0) is 25.4 Å². The Balaban J connectivity index is -0.000000274. The van der Waals surface area contributed by atoms with Crippen LogP contribution in [0.3, 0.4) is 0 Å². The lowest BCUT2D eigenvalue weighted by Gasteiger charge is -1.98. The number of nitrogens with one attached hydrogen (secondary N) is 1. The van der Waals surface area contributed by atoms with E-state index in [0.717, 1.165) is 6.54 Å². The van der Waals surface area contributed by atoms with E-state index in [1.54, 1.807) is 7.05 Å². The molecular weight excluding hydrogens is 224 g/mol. The van der Waals surface area contributed by atoms with Gasteiger partial charge < -0.3 is 15.1 Å². The Labute approximate surface area is 112 Å². The molecular formula is C15H26N2O. The average Bonchev–Trinajstić information content (AvgIpc) is 2.46. The van der Waals surface area contributed by atoms with Crippen LogP contribution in [0.25, 0.3) is 0 Å². The third-order valence-electron chi connectivity index (χ3n) is 1.43. The summed E-state index contributed by atoms with van der Waals surface area (Å²) in [5.74, 6) is 0. The molecule has 0 amide bonds. The van der Waals surface area contributed by atoms with Crippen molar-refractivity contribution in [3.63, 3.8) is 0 Å². The van der Waals surface area contributed by atoms with Gasteiger partial charge in [-0.25, -0.2) is 0 Å². The smallest absolute Gasteiger partial charge is 0.106 e. The van der Waals surface area contributed by atoms with Crippen LogP contribution in [0.4, 0.5) is 0 Å². The first-order valence-electron chi connectivity index (χ1n) is 5.87. The number of aliphatic imine (C=N–C) groups is 1. The quantitative estimate of drug-likeness (QED) is 0.835. The van der Waals surface area contributed by atoms with Gasteiger partial charge in [0, 0.05) is 13.6 Å². The average molecular weight is 250 g/mol. The van der Waals surface area contributed by atoms with Crippen LogP contribution in [0.1, 0.15) is 26.3 Å². The van der Waals surface area contributed by atoms with E-state index in [1.165, 1.54) is 5.56 Å². The maximum atomic E-state index is 8.00. The molecule has 3 heteroatoms. The van der Waals surface area contributed by atoms with E-state index in [2.05, 4.69) is 29.2 Å². The minimum atomic E-state index is 0.908. The summed E-state index contributed by atoms with van der Waals surface area (Å²) in [5, 5.41) is 3.17. The van der Waals surface area contributed by atoms with Crippen LogP contribution in [0, 0.1) is 0 Å². The molecule has 0 radical (unpaired) electrons. The van der Waals surface area contributed by atoms with Crippen molar-refractivity contribution in [2.45, 2.75) is 27.3 Å². The Morgan fingerprint density at radius 2 is 1.67 bits per heavy atom. The lowest BCUT2D eigenvalue weighted by atomic mass is 10.2. The Morgan fingerprint density at radius 3 is 2.06 bits per heavy atom. The van der Waals surface area contributed by atoms with Crippen LogP contribution >= 0.6 is 0 Å². The molecule has 0 unspecified atom stereocenters. The van der Waals surface area contributed by atoms with Crippen LogP contribution in [-0.4, -0.2) is 20.6 Å². The molecule has 1 N–H and O–H groups in total. The molecule has 0 aliphatic rings. The normalized spacial score (nSPS) is 7.56. The van der Waals surface area contributed by atoms with Crippen LogP contribution in [-0.2, 0) is 11.3 Å². The topological polar surface area (TPSA) is 41.5 Å². The fraction of sp³-hybridized carbons (Fsp3) is 0.333. The summed E-state index contributed by atoms with van der Waals surface area (Å²) in [6.45, 7) is 12.0. The van der Waals surface area contributed by atoms with Crippen LogP contribution in [0.15, 0.2) is 47.6 Å². The Morgan fingerprint density at radius 1 is 1.22 bits per heavy atom. The molecule has 0 heterocycles. The minimum Gasteiger partial charge on any atom is -0.387 e. The maximum absolute atomic E-state index is 8.00. The monoisotopic (exact) mass is 250 g/mol. The highest BCUT2D eigenvalue weighted by Crippen LogP contribution is 1.96. The largest absolute Gasteiger partial charge is 0.387 e. The number of carbonyl (C=O) groups is 1. The Hall–Kier alpha value is -1.90. The number of hydrogen-bond acceptors (Lipinski definition) is 3. The van der Waals surface area contributed by atoms with Crippen LogP contribution in [0.2, 0.25) is 0 Å². The maximum Gasteiger partial charge on any atom is 0.106 e. The van der Waals surface area contributed by atoms with Gasteiger partial charge in [-0.15, -0.1) is 0 Å². The predicted molar refractivity (Wildman–Crippen MR) is 82.0 cm³/mol. The predicted octanol–water partition coefficient (Wildman–Crippen LogP) is 3.47. The third kappa shape index (κ3) is 19.6. The molecule has 1 aromatic rings. The van der Waals surface area contributed by atoms with Crippen molar-refractivity contribution in [3.05, 3.63) is 48.2 Å². The SMILES string of the molecule is C/C=C\NCc1ccccc1.C=NC.C=O.CC. The van der Waals surface area contributed by atoms with Crippen molar-refractivity contribution >= 4 is 13.5 Å². The van der Waals surface area contributed by atoms with Gasteiger partial charge in [-0.2, -0.15) is 0 Å². The first-order chi connectivity index (χ1) is 8.85. The molecule has 1 rings (SSSR count). The lowest BCUT2D eigenvalue weighted by Crippen LogP contribution is -2.03. The Bertz CT molecular complexity index is 271. The van der Waals surface area contributed by atoms with Gasteiger partial charge in [-0.3, -0.25) is 0 Å². The van der Waals surface area contributed by atoms with E-state index in [0.29, 0.717) is 0 Å². The summed E-state index contributed by atoms with van der Waals surface area (Å²) >= 11 is 0. The van der Waals surface area contributed by atoms with Gasteiger partial charge in [0.2, 0.25) is 0 Å². The summed E-state index contributed by atoms with van der Waals surface area (Å²) in [5.41, 5.74) is 1.31. The number of rotatable bonds is 3. The molecule has 0 aliphatic heterocycles. The number of carbonyl (C=O) groups excluding carboxylic acids is 1. The van der Waals surface area contributed by atoms with Gasteiger partial charge in [0.05, 0.1) is 0 Å². The Kier molecular flexibility index (Phi) is 29.0. The van der Waals surface area contributed by atoms with Gasteiger partial charge >= 0.3 is 0 Å². The van der Waals surface area contributed by atoms with Crippen LogP contribution < -0.4 is 5.32 Å². The summed E-state index contributed by atoms with van der Waals surface area (Å²) in [4.78, 5) is 11.2. The fourth-order valence-electron chi connectivity index (χ4n) is 0.890. The highest BCUT2D eigenvalue weighted by molar-refractivity contribution is 5.22. The second-order valence-electron chi connectivity index (χ2n) is 2.68. The van der Waals surface area contributed by atoms with Crippen molar-refractivity contribution in [3.8, 4) is 0 Å². The molecule has 3 nitrogen and oxygen atoms in total. The second kappa shape index (κ2) is 24.4. The molecule has 0 fully saturated rings. The lowest BCUT2D eigenvalue weighted by molar-refractivity contribution is -0.0979. The minimum absolute atomic E-state index is 0.908. The molecule has 0 saturated heterocycles.